The average molecular weight is 259 g/mol. The number of hydrogen-bond acceptors (Lipinski definition) is 3. The van der Waals surface area contributed by atoms with Gasteiger partial charge in [0.15, 0.2) is 16.6 Å². The van der Waals surface area contributed by atoms with E-state index in [4.69, 9.17) is 11.6 Å². The first-order valence-corrected chi connectivity index (χ1v) is 6.43. The summed E-state index contributed by atoms with van der Waals surface area (Å²) in [5, 5.41) is 15.4. The van der Waals surface area contributed by atoms with E-state index in [9.17, 15) is 0 Å². The van der Waals surface area contributed by atoms with E-state index in [0.29, 0.717) is 11.1 Å². The maximum Gasteiger partial charge on any atom is 0.185 e. The minimum absolute atomic E-state index is 0.506. The van der Waals surface area contributed by atoms with Gasteiger partial charge in [0, 0.05) is 16.7 Å². The highest BCUT2D eigenvalue weighted by atomic mass is 35.5. The Hall–Kier alpha value is -1.68. The van der Waals surface area contributed by atoms with E-state index in [1.807, 2.05) is 19.1 Å². The molecule has 0 spiro atoms. The van der Waals surface area contributed by atoms with Gasteiger partial charge in [0.1, 0.15) is 0 Å². The molecule has 2 heterocycles. The van der Waals surface area contributed by atoms with Gasteiger partial charge in [0.25, 0.3) is 0 Å². The van der Waals surface area contributed by atoms with Gasteiger partial charge in [-0.25, -0.2) is 0 Å². The van der Waals surface area contributed by atoms with E-state index in [-0.39, 0.29) is 0 Å². The molecule has 0 bridgehead atoms. The number of nitrogens with zero attached hydrogens (tertiary/aromatic N) is 4. The normalized spacial score (nSPS) is 15.7. The Morgan fingerprint density at radius 1 is 1.22 bits per heavy atom. The lowest BCUT2D eigenvalue weighted by Gasteiger charge is -2.04. The number of rotatable bonds is 1. The quantitative estimate of drug-likeness (QED) is 0.674. The van der Waals surface area contributed by atoms with Crippen molar-refractivity contribution < 1.29 is 0 Å². The van der Waals surface area contributed by atoms with Crippen molar-refractivity contribution in [3.05, 3.63) is 34.7 Å². The van der Waals surface area contributed by atoms with Crippen molar-refractivity contribution in [1.82, 2.24) is 19.8 Å². The number of benzene rings is 1. The van der Waals surface area contributed by atoms with Crippen LogP contribution < -0.4 is 0 Å². The summed E-state index contributed by atoms with van der Waals surface area (Å²) in [6.45, 7) is 2.04. The molecule has 90 valence electrons. The van der Waals surface area contributed by atoms with Crippen LogP contribution >= 0.6 is 11.6 Å². The third kappa shape index (κ3) is 1.35. The maximum atomic E-state index is 6.27. The first-order chi connectivity index (χ1) is 8.74. The highest BCUT2D eigenvalue weighted by Gasteiger charge is 2.29. The lowest BCUT2D eigenvalue weighted by Crippen LogP contribution is -1.99. The molecule has 2 aromatic heterocycles. The summed E-state index contributed by atoms with van der Waals surface area (Å²) in [7, 11) is 0. The third-order valence-electron chi connectivity index (χ3n) is 3.43. The summed E-state index contributed by atoms with van der Waals surface area (Å²) in [5.74, 6) is 1.45. The Labute approximate surface area is 109 Å². The molecule has 0 aliphatic heterocycles. The van der Waals surface area contributed by atoms with Gasteiger partial charge in [-0.3, -0.25) is 0 Å². The van der Waals surface area contributed by atoms with Crippen LogP contribution in [-0.4, -0.2) is 19.8 Å². The number of fused-ring (bicyclic) bond motifs is 3. The minimum Gasteiger partial charge on any atom is -0.195 e. The maximum absolute atomic E-state index is 6.27. The molecular formula is C13H11ClN4. The topological polar surface area (TPSA) is 43.1 Å². The van der Waals surface area contributed by atoms with Crippen LogP contribution in [-0.2, 0) is 0 Å². The molecule has 4 rings (SSSR count). The Bertz CT molecular complexity index is 773. The van der Waals surface area contributed by atoms with Crippen LogP contribution in [0.5, 0.6) is 0 Å². The molecule has 1 aliphatic rings. The number of aromatic nitrogens is 4. The second kappa shape index (κ2) is 3.42. The van der Waals surface area contributed by atoms with Crippen LogP contribution in [0.15, 0.2) is 18.2 Å². The van der Waals surface area contributed by atoms with Gasteiger partial charge in [-0.1, -0.05) is 29.3 Å². The van der Waals surface area contributed by atoms with Crippen LogP contribution in [0.25, 0.3) is 16.4 Å². The zero-order valence-corrected chi connectivity index (χ0v) is 10.6. The molecule has 1 fully saturated rings. The van der Waals surface area contributed by atoms with Crippen molar-refractivity contribution in [3.8, 4) is 0 Å². The summed E-state index contributed by atoms with van der Waals surface area (Å²) in [6, 6.07) is 6.14. The molecule has 3 aromatic rings. The van der Waals surface area contributed by atoms with Gasteiger partial charge in [-0.15, -0.1) is 10.2 Å². The monoisotopic (exact) mass is 258 g/mol. The van der Waals surface area contributed by atoms with Crippen LogP contribution in [0.4, 0.5) is 0 Å². The smallest absolute Gasteiger partial charge is 0.185 e. The van der Waals surface area contributed by atoms with Crippen LogP contribution in [0.3, 0.4) is 0 Å². The highest BCUT2D eigenvalue weighted by molar-refractivity contribution is 6.34. The van der Waals surface area contributed by atoms with Gasteiger partial charge in [0.05, 0.1) is 0 Å². The largest absolute Gasteiger partial charge is 0.195 e. The van der Waals surface area contributed by atoms with Gasteiger partial charge in [-0.2, -0.15) is 9.61 Å². The van der Waals surface area contributed by atoms with Gasteiger partial charge >= 0.3 is 0 Å². The molecule has 0 amide bonds. The standard InChI is InChI=1S/C13H11ClN4/c1-7-2-5-9-10(6-7)11(14)17-18-12(8-3-4-8)15-16-13(9)18/h2,5-6,8H,3-4H2,1H3. The lowest BCUT2D eigenvalue weighted by molar-refractivity contribution is 0.819. The molecule has 0 atom stereocenters. The molecule has 1 saturated carbocycles. The first kappa shape index (κ1) is 10.3. The Balaban J connectivity index is 2.15. The minimum atomic E-state index is 0.506. The lowest BCUT2D eigenvalue weighted by atomic mass is 10.1. The van der Waals surface area contributed by atoms with E-state index < -0.39 is 0 Å². The van der Waals surface area contributed by atoms with Gasteiger partial charge in [0.2, 0.25) is 0 Å². The zero-order chi connectivity index (χ0) is 12.3. The third-order valence-corrected chi connectivity index (χ3v) is 3.71. The molecule has 1 aliphatic carbocycles. The zero-order valence-electron chi connectivity index (χ0n) is 9.89. The summed E-state index contributed by atoms with van der Waals surface area (Å²) >= 11 is 6.27. The summed E-state index contributed by atoms with van der Waals surface area (Å²) in [5.41, 5.74) is 1.97. The molecule has 18 heavy (non-hydrogen) atoms. The molecule has 0 radical (unpaired) electrons. The molecular weight excluding hydrogens is 248 g/mol. The number of halogens is 1. The van der Waals surface area contributed by atoms with Crippen molar-refractivity contribution in [2.24, 2.45) is 0 Å². The Kier molecular flexibility index (Phi) is 1.95. The fourth-order valence-corrected chi connectivity index (χ4v) is 2.55. The van der Waals surface area contributed by atoms with E-state index in [1.54, 1.807) is 4.52 Å². The summed E-state index contributed by atoms with van der Waals surface area (Å²) in [6.07, 6.45) is 2.35. The van der Waals surface area contributed by atoms with E-state index in [1.165, 1.54) is 12.8 Å². The van der Waals surface area contributed by atoms with Crippen LogP contribution in [0, 0.1) is 6.92 Å². The Morgan fingerprint density at radius 3 is 2.83 bits per heavy atom. The average Bonchev–Trinajstić information content (AvgIpc) is 3.11. The molecule has 4 nitrogen and oxygen atoms in total. The summed E-state index contributed by atoms with van der Waals surface area (Å²) < 4.78 is 1.80. The Morgan fingerprint density at radius 2 is 2.06 bits per heavy atom. The van der Waals surface area contributed by atoms with E-state index >= 15 is 0 Å². The summed E-state index contributed by atoms with van der Waals surface area (Å²) in [4.78, 5) is 0. The van der Waals surface area contributed by atoms with Crippen LogP contribution in [0.2, 0.25) is 5.15 Å². The highest BCUT2D eigenvalue weighted by Crippen LogP contribution is 2.39. The van der Waals surface area contributed by atoms with E-state index in [2.05, 4.69) is 21.4 Å². The molecule has 0 saturated heterocycles. The van der Waals surface area contributed by atoms with Crippen molar-refractivity contribution in [3.63, 3.8) is 0 Å². The second-order valence-corrected chi connectivity index (χ2v) is 5.27. The predicted molar refractivity (Wildman–Crippen MR) is 70.0 cm³/mol. The van der Waals surface area contributed by atoms with Gasteiger partial charge < -0.3 is 0 Å². The predicted octanol–water partition coefficient (Wildman–Crippen LogP) is 3.12. The van der Waals surface area contributed by atoms with Crippen LogP contribution in [0.1, 0.15) is 30.1 Å². The number of hydrogen-bond donors (Lipinski definition) is 0. The van der Waals surface area contributed by atoms with Crippen molar-refractivity contribution in [2.75, 3.05) is 0 Å². The van der Waals surface area contributed by atoms with Crippen molar-refractivity contribution in [1.29, 1.82) is 0 Å². The molecule has 0 unspecified atom stereocenters. The molecule has 5 heteroatoms. The molecule has 1 aromatic carbocycles. The van der Waals surface area contributed by atoms with Crippen molar-refractivity contribution in [2.45, 2.75) is 25.7 Å². The van der Waals surface area contributed by atoms with Gasteiger partial charge in [-0.05, 0) is 25.8 Å². The SMILES string of the molecule is Cc1ccc2c(c1)c(Cl)nn1c(C3CC3)nnc21. The first-order valence-electron chi connectivity index (χ1n) is 6.05. The fourth-order valence-electron chi connectivity index (χ4n) is 2.32. The van der Waals surface area contributed by atoms with E-state index in [0.717, 1.165) is 27.8 Å². The molecule has 0 N–H and O–H groups in total. The van der Waals surface area contributed by atoms with Crippen molar-refractivity contribution >= 4 is 28.0 Å². The fraction of sp³-hybridized carbons (Fsp3) is 0.308. The second-order valence-electron chi connectivity index (χ2n) is 4.91. The number of aryl methyl sites for hydroxylation is 1.